The van der Waals surface area contributed by atoms with Crippen LogP contribution < -0.4 is 14.8 Å². The van der Waals surface area contributed by atoms with Crippen LogP contribution in [0.2, 0.25) is 5.02 Å². The first-order valence-electron chi connectivity index (χ1n) is 10.2. The first kappa shape index (κ1) is 22.9. The lowest BCUT2D eigenvalue weighted by Crippen LogP contribution is -2.33. The van der Waals surface area contributed by atoms with Crippen LogP contribution in [0.1, 0.15) is 5.56 Å². The second-order valence-corrected chi connectivity index (χ2v) is 8.24. The van der Waals surface area contributed by atoms with E-state index < -0.39 is 41.2 Å². The fraction of sp³-hybridized carbons (Fsp3) is 0.364. The molecule has 2 fully saturated rings. The van der Waals surface area contributed by atoms with E-state index in [1.807, 2.05) is 0 Å². The van der Waals surface area contributed by atoms with Gasteiger partial charge in [0.2, 0.25) is 0 Å². The van der Waals surface area contributed by atoms with Crippen LogP contribution in [0.3, 0.4) is 0 Å². The molecule has 0 spiro atoms. The number of hydrogen-bond acceptors (Lipinski definition) is 7. The van der Waals surface area contributed by atoms with E-state index in [1.54, 1.807) is 12.1 Å². The smallest absolute Gasteiger partial charge is 0.417 e. The Morgan fingerprint density at radius 3 is 2.62 bits per heavy atom. The molecule has 0 radical (unpaired) electrons. The third-order valence-electron chi connectivity index (χ3n) is 5.68. The molecule has 0 bridgehead atoms. The maximum atomic E-state index is 13.9. The van der Waals surface area contributed by atoms with Crippen molar-refractivity contribution in [1.82, 2.24) is 9.97 Å². The molecule has 3 aromatic rings. The topological polar surface area (TPSA) is 74.7 Å². The van der Waals surface area contributed by atoms with Gasteiger partial charge in [-0.3, -0.25) is 0 Å². The van der Waals surface area contributed by atoms with Crippen LogP contribution >= 0.6 is 11.6 Å². The summed E-state index contributed by atoms with van der Waals surface area (Å²) in [7, 11) is 1.44. The number of anilines is 2. The summed E-state index contributed by atoms with van der Waals surface area (Å²) in [6.07, 6.45) is -6.28. The number of nitrogens with zero attached hydrogens (tertiary/aromatic N) is 2. The zero-order valence-electron chi connectivity index (χ0n) is 17.6. The average Bonchev–Trinajstić information content (AvgIpc) is 3.37. The van der Waals surface area contributed by atoms with Gasteiger partial charge in [-0.2, -0.15) is 13.2 Å². The molecule has 12 heteroatoms. The lowest BCUT2D eigenvalue weighted by Gasteiger charge is -2.20. The van der Waals surface area contributed by atoms with Crippen LogP contribution in [-0.2, 0) is 15.7 Å². The fourth-order valence-corrected chi connectivity index (χ4v) is 4.28. The monoisotopic (exact) mass is 499 g/mol. The highest BCUT2D eigenvalue weighted by Crippen LogP contribution is 2.40. The molecule has 0 aliphatic carbocycles. The number of hydrogen-bond donors (Lipinski definition) is 1. The highest BCUT2D eigenvalue weighted by atomic mass is 35.5. The Bertz CT molecular complexity index is 1230. The standard InChI is InChI=1S/C22H18ClF4N3O4/c1-31-16-5-11-15(6-17(16)34-18-8-33-19-14(24)7-32-20(18)19)28-9-29-21(11)30-10-2-3-13(23)12(4-10)22(25,26)27/h2-6,9,14,18-20H,7-8H2,1H3,(H,28,29,30)/t14-,18-,19+,20?/m1/s1. The number of halogens is 5. The summed E-state index contributed by atoms with van der Waals surface area (Å²) in [6, 6.07) is 6.69. The van der Waals surface area contributed by atoms with Crippen molar-refractivity contribution in [2.75, 3.05) is 25.6 Å². The number of benzene rings is 2. The third kappa shape index (κ3) is 4.19. The minimum Gasteiger partial charge on any atom is -0.493 e. The molecule has 1 N–H and O–H groups in total. The van der Waals surface area contributed by atoms with Gasteiger partial charge < -0.3 is 24.3 Å². The van der Waals surface area contributed by atoms with E-state index in [1.165, 1.54) is 19.5 Å². The quantitative estimate of drug-likeness (QED) is 0.498. The second kappa shape index (κ2) is 8.71. The van der Waals surface area contributed by atoms with Crippen molar-refractivity contribution in [3.63, 3.8) is 0 Å². The third-order valence-corrected chi connectivity index (χ3v) is 6.01. The molecule has 34 heavy (non-hydrogen) atoms. The van der Waals surface area contributed by atoms with Gasteiger partial charge in [-0.1, -0.05) is 11.6 Å². The lowest BCUT2D eigenvalue weighted by atomic mass is 10.1. The summed E-state index contributed by atoms with van der Waals surface area (Å²) >= 11 is 5.70. The number of alkyl halides is 4. The molecule has 1 aromatic heterocycles. The molecule has 2 aromatic carbocycles. The molecule has 4 atom stereocenters. The van der Waals surface area contributed by atoms with E-state index in [-0.39, 0.29) is 24.7 Å². The van der Waals surface area contributed by atoms with Gasteiger partial charge in [-0.05, 0) is 24.3 Å². The molecule has 3 heterocycles. The number of rotatable bonds is 5. The first-order chi connectivity index (χ1) is 16.2. The molecule has 2 aliphatic heterocycles. The molecule has 180 valence electrons. The van der Waals surface area contributed by atoms with Crippen LogP contribution in [0.4, 0.5) is 29.1 Å². The molecular weight excluding hydrogens is 482 g/mol. The normalized spacial score (nSPS) is 24.3. The van der Waals surface area contributed by atoms with E-state index in [0.717, 1.165) is 12.1 Å². The molecule has 7 nitrogen and oxygen atoms in total. The van der Waals surface area contributed by atoms with Crippen LogP contribution in [0.15, 0.2) is 36.7 Å². The SMILES string of the molecule is COc1cc2c(Nc3ccc(Cl)c(C(F)(F)F)c3)ncnc2cc1O[C@@H]1CO[C@@H]2C1OC[C@H]2F. The Morgan fingerprint density at radius 1 is 1.06 bits per heavy atom. The van der Waals surface area contributed by atoms with Crippen molar-refractivity contribution in [1.29, 1.82) is 0 Å². The molecule has 5 rings (SSSR count). The lowest BCUT2D eigenvalue weighted by molar-refractivity contribution is -0.137. The van der Waals surface area contributed by atoms with Gasteiger partial charge in [0, 0.05) is 17.1 Å². The highest BCUT2D eigenvalue weighted by molar-refractivity contribution is 6.31. The van der Waals surface area contributed by atoms with Gasteiger partial charge in [-0.25, -0.2) is 14.4 Å². The maximum absolute atomic E-state index is 13.9. The van der Waals surface area contributed by atoms with Crippen LogP contribution in [0, 0.1) is 0 Å². The summed E-state index contributed by atoms with van der Waals surface area (Å²) in [4.78, 5) is 8.40. The van der Waals surface area contributed by atoms with Crippen molar-refractivity contribution < 1.29 is 36.5 Å². The van der Waals surface area contributed by atoms with Gasteiger partial charge in [0.05, 0.1) is 36.4 Å². The van der Waals surface area contributed by atoms with Crippen molar-refractivity contribution in [3.05, 3.63) is 47.2 Å². The zero-order chi connectivity index (χ0) is 24.0. The van der Waals surface area contributed by atoms with Crippen molar-refractivity contribution in [2.45, 2.75) is 30.7 Å². The predicted octanol–water partition coefficient (Wildman–Crippen LogP) is 4.94. The summed E-state index contributed by atoms with van der Waals surface area (Å²) in [5.41, 5.74) is -0.374. The van der Waals surface area contributed by atoms with E-state index in [4.69, 9.17) is 30.5 Å². The van der Waals surface area contributed by atoms with E-state index in [2.05, 4.69) is 15.3 Å². The predicted molar refractivity (Wildman–Crippen MR) is 115 cm³/mol. The summed E-state index contributed by atoms with van der Waals surface area (Å²) < 4.78 is 76.0. The van der Waals surface area contributed by atoms with Gasteiger partial charge in [-0.15, -0.1) is 0 Å². The van der Waals surface area contributed by atoms with Gasteiger partial charge in [0.1, 0.15) is 24.4 Å². The van der Waals surface area contributed by atoms with Gasteiger partial charge in [0.15, 0.2) is 23.8 Å². The van der Waals surface area contributed by atoms with Gasteiger partial charge >= 0.3 is 6.18 Å². The number of fused-ring (bicyclic) bond motifs is 2. The Hall–Kier alpha value is -2.89. The fourth-order valence-electron chi connectivity index (χ4n) is 4.05. The van der Waals surface area contributed by atoms with E-state index in [9.17, 15) is 17.6 Å². The number of methoxy groups -OCH3 is 1. The molecule has 1 unspecified atom stereocenters. The van der Waals surface area contributed by atoms with E-state index >= 15 is 0 Å². The van der Waals surface area contributed by atoms with Crippen molar-refractivity contribution in [3.8, 4) is 11.5 Å². The molecule has 0 amide bonds. The minimum atomic E-state index is -4.61. The van der Waals surface area contributed by atoms with Gasteiger partial charge in [0.25, 0.3) is 0 Å². The van der Waals surface area contributed by atoms with Crippen LogP contribution in [-0.4, -0.2) is 54.8 Å². The maximum Gasteiger partial charge on any atom is 0.417 e. The molecule has 2 aliphatic rings. The Kier molecular flexibility index (Phi) is 5.86. The van der Waals surface area contributed by atoms with Crippen molar-refractivity contribution >= 4 is 34.0 Å². The summed E-state index contributed by atoms with van der Waals surface area (Å²) in [6.45, 7) is 0.110. The molecule has 2 saturated heterocycles. The second-order valence-electron chi connectivity index (χ2n) is 7.83. The Labute approximate surface area is 195 Å². The highest BCUT2D eigenvalue weighted by Gasteiger charge is 2.49. The molecule has 0 saturated carbocycles. The number of aromatic nitrogens is 2. The van der Waals surface area contributed by atoms with Crippen LogP contribution in [0.5, 0.6) is 11.5 Å². The largest absolute Gasteiger partial charge is 0.493 e. The number of ether oxygens (including phenoxy) is 4. The van der Waals surface area contributed by atoms with Crippen LogP contribution in [0.25, 0.3) is 10.9 Å². The Balaban J connectivity index is 1.45. The van der Waals surface area contributed by atoms with Crippen molar-refractivity contribution in [2.24, 2.45) is 0 Å². The summed E-state index contributed by atoms with van der Waals surface area (Å²) in [5, 5.41) is 2.96. The number of nitrogens with one attached hydrogen (secondary N) is 1. The molecular formula is C22H18ClF4N3O4. The minimum absolute atomic E-state index is 0.0486. The Morgan fingerprint density at radius 2 is 1.85 bits per heavy atom. The first-order valence-corrected chi connectivity index (χ1v) is 10.6. The van der Waals surface area contributed by atoms with E-state index in [0.29, 0.717) is 22.4 Å². The zero-order valence-corrected chi connectivity index (χ0v) is 18.4. The average molecular weight is 500 g/mol. The summed E-state index contributed by atoms with van der Waals surface area (Å²) in [5.74, 6) is 0.926.